The van der Waals surface area contributed by atoms with Gasteiger partial charge < -0.3 is 0 Å². The van der Waals surface area contributed by atoms with Crippen LogP contribution in [0.4, 0.5) is 5.82 Å². The van der Waals surface area contributed by atoms with Crippen molar-refractivity contribution < 1.29 is 4.79 Å². The van der Waals surface area contributed by atoms with Crippen LogP contribution in [-0.4, -0.2) is 21.9 Å². The normalized spacial score (nSPS) is 14.0. The number of hydrogen-bond donors (Lipinski definition) is 0. The first-order chi connectivity index (χ1) is 8.21. The third-order valence-corrected chi connectivity index (χ3v) is 3.10. The molecule has 1 aliphatic rings. The van der Waals surface area contributed by atoms with Crippen LogP contribution < -0.4 is 4.90 Å². The summed E-state index contributed by atoms with van der Waals surface area (Å²) in [6.07, 6.45) is 9.00. The molecule has 4 nitrogen and oxygen atoms in total. The minimum absolute atomic E-state index is 0.0721. The van der Waals surface area contributed by atoms with Crippen LogP contribution in [0.2, 0.25) is 0 Å². The van der Waals surface area contributed by atoms with E-state index in [0.29, 0.717) is 17.9 Å². The predicted molar refractivity (Wildman–Crippen MR) is 65.5 cm³/mol. The molecule has 0 atom stereocenters. The number of aromatic nitrogens is 2. The number of anilines is 1. The maximum atomic E-state index is 12.0. The summed E-state index contributed by atoms with van der Waals surface area (Å²) in [5, 5.41) is 0. The molecule has 0 aliphatic carbocycles. The molecular formula is C13H15N3O. The van der Waals surface area contributed by atoms with Gasteiger partial charge in [0.05, 0.1) is 18.3 Å². The van der Waals surface area contributed by atoms with E-state index >= 15 is 0 Å². The van der Waals surface area contributed by atoms with Crippen molar-refractivity contribution in [2.45, 2.75) is 39.2 Å². The standard InChI is InChI=1S/C13H15N3O/c1-4-9-8-14-11-7-12(17)16(13(11)15-9)10(5-2)6-3/h1,8,10H,5-7H2,2-3H3. The molecule has 2 rings (SSSR count). The van der Waals surface area contributed by atoms with Crippen molar-refractivity contribution in [3.8, 4) is 12.3 Å². The molecular weight excluding hydrogens is 214 g/mol. The van der Waals surface area contributed by atoms with E-state index in [1.165, 1.54) is 0 Å². The molecule has 1 amide bonds. The lowest BCUT2D eigenvalue weighted by atomic mass is 10.1. The van der Waals surface area contributed by atoms with Crippen molar-refractivity contribution in [3.05, 3.63) is 17.6 Å². The van der Waals surface area contributed by atoms with Crippen LogP contribution in [0.15, 0.2) is 6.20 Å². The van der Waals surface area contributed by atoms with Crippen molar-refractivity contribution in [2.24, 2.45) is 0 Å². The number of amides is 1. The van der Waals surface area contributed by atoms with Gasteiger partial charge in [-0.05, 0) is 18.8 Å². The zero-order chi connectivity index (χ0) is 12.4. The number of carbonyl (C=O) groups excluding carboxylic acids is 1. The smallest absolute Gasteiger partial charge is 0.234 e. The zero-order valence-electron chi connectivity index (χ0n) is 10.1. The second kappa shape index (κ2) is 4.54. The Bertz CT molecular complexity index is 486. The van der Waals surface area contributed by atoms with Crippen molar-refractivity contribution in [1.82, 2.24) is 9.97 Å². The van der Waals surface area contributed by atoms with Gasteiger partial charge in [-0.15, -0.1) is 6.42 Å². The molecule has 1 aromatic rings. The van der Waals surface area contributed by atoms with Crippen molar-refractivity contribution in [3.63, 3.8) is 0 Å². The van der Waals surface area contributed by atoms with Crippen LogP contribution in [0.1, 0.15) is 38.1 Å². The van der Waals surface area contributed by atoms with E-state index in [2.05, 4.69) is 29.7 Å². The fourth-order valence-electron chi connectivity index (χ4n) is 2.17. The lowest BCUT2D eigenvalue weighted by molar-refractivity contribution is -0.117. The maximum Gasteiger partial charge on any atom is 0.234 e. The number of fused-ring (bicyclic) bond motifs is 1. The minimum atomic E-state index is 0.0721. The van der Waals surface area contributed by atoms with Crippen molar-refractivity contribution in [2.75, 3.05) is 4.90 Å². The van der Waals surface area contributed by atoms with Crippen LogP contribution in [0.3, 0.4) is 0 Å². The summed E-state index contributed by atoms with van der Waals surface area (Å²) >= 11 is 0. The molecule has 0 aromatic carbocycles. The highest BCUT2D eigenvalue weighted by Crippen LogP contribution is 2.28. The first kappa shape index (κ1) is 11.6. The average molecular weight is 229 g/mol. The van der Waals surface area contributed by atoms with E-state index in [-0.39, 0.29) is 11.9 Å². The van der Waals surface area contributed by atoms with Gasteiger partial charge in [0.2, 0.25) is 5.91 Å². The van der Waals surface area contributed by atoms with Crippen LogP contribution in [0.5, 0.6) is 0 Å². The van der Waals surface area contributed by atoms with Gasteiger partial charge in [0.15, 0.2) is 5.82 Å². The molecule has 0 fully saturated rings. The summed E-state index contributed by atoms with van der Waals surface area (Å²) in [4.78, 5) is 22.3. The Morgan fingerprint density at radius 3 is 2.82 bits per heavy atom. The predicted octanol–water partition coefficient (Wildman–Crippen LogP) is 1.54. The minimum Gasteiger partial charge on any atom is -0.292 e. The molecule has 88 valence electrons. The Morgan fingerprint density at radius 1 is 1.53 bits per heavy atom. The second-order valence-electron chi connectivity index (χ2n) is 4.08. The maximum absolute atomic E-state index is 12.0. The number of terminal acetylenes is 1. The highest BCUT2D eigenvalue weighted by atomic mass is 16.2. The fraction of sp³-hybridized carbons (Fsp3) is 0.462. The molecule has 17 heavy (non-hydrogen) atoms. The first-order valence-corrected chi connectivity index (χ1v) is 5.85. The molecule has 0 saturated heterocycles. The molecule has 1 aromatic heterocycles. The monoisotopic (exact) mass is 229 g/mol. The summed E-state index contributed by atoms with van der Waals surface area (Å²) < 4.78 is 0. The van der Waals surface area contributed by atoms with Crippen molar-refractivity contribution in [1.29, 1.82) is 0 Å². The van der Waals surface area contributed by atoms with Crippen molar-refractivity contribution >= 4 is 11.7 Å². The Kier molecular flexibility index (Phi) is 3.10. The molecule has 4 heteroatoms. The van der Waals surface area contributed by atoms with Crippen LogP contribution >= 0.6 is 0 Å². The largest absolute Gasteiger partial charge is 0.292 e. The molecule has 0 saturated carbocycles. The molecule has 0 N–H and O–H groups in total. The summed E-state index contributed by atoms with van der Waals surface area (Å²) in [7, 11) is 0. The number of carbonyl (C=O) groups is 1. The summed E-state index contributed by atoms with van der Waals surface area (Å²) in [6, 6.07) is 0.186. The lowest BCUT2D eigenvalue weighted by Gasteiger charge is -2.25. The van der Waals surface area contributed by atoms with Gasteiger partial charge in [0, 0.05) is 6.04 Å². The van der Waals surface area contributed by atoms with E-state index in [1.54, 1.807) is 11.1 Å². The van der Waals surface area contributed by atoms with E-state index in [0.717, 1.165) is 18.5 Å². The van der Waals surface area contributed by atoms with E-state index in [4.69, 9.17) is 6.42 Å². The second-order valence-corrected chi connectivity index (χ2v) is 4.08. The molecule has 0 bridgehead atoms. The topological polar surface area (TPSA) is 46.1 Å². The first-order valence-electron chi connectivity index (χ1n) is 5.85. The van der Waals surface area contributed by atoms with E-state index < -0.39 is 0 Å². The molecule has 0 spiro atoms. The van der Waals surface area contributed by atoms with Gasteiger partial charge in [-0.3, -0.25) is 14.7 Å². The Morgan fingerprint density at radius 2 is 2.24 bits per heavy atom. The van der Waals surface area contributed by atoms with Crippen LogP contribution in [-0.2, 0) is 11.2 Å². The molecule has 0 unspecified atom stereocenters. The number of nitrogens with zero attached hydrogens (tertiary/aromatic N) is 3. The third kappa shape index (κ3) is 1.89. The van der Waals surface area contributed by atoms with Gasteiger partial charge >= 0.3 is 0 Å². The van der Waals surface area contributed by atoms with E-state index in [1.807, 2.05) is 0 Å². The molecule has 2 heterocycles. The SMILES string of the molecule is C#Cc1cnc2c(n1)N(C(CC)CC)C(=O)C2. The van der Waals surface area contributed by atoms with Gasteiger partial charge in [0.1, 0.15) is 5.69 Å². The quantitative estimate of drug-likeness (QED) is 0.738. The summed E-state index contributed by atoms with van der Waals surface area (Å²) in [5.41, 5.74) is 1.22. The van der Waals surface area contributed by atoms with Gasteiger partial charge in [-0.1, -0.05) is 13.8 Å². The molecule has 0 radical (unpaired) electrons. The van der Waals surface area contributed by atoms with Gasteiger partial charge in [-0.25, -0.2) is 4.98 Å². The van der Waals surface area contributed by atoms with Gasteiger partial charge in [0.25, 0.3) is 0 Å². The number of rotatable bonds is 3. The summed E-state index contributed by atoms with van der Waals surface area (Å²) in [5.74, 6) is 3.18. The summed E-state index contributed by atoms with van der Waals surface area (Å²) in [6.45, 7) is 4.13. The molecule has 1 aliphatic heterocycles. The Hall–Kier alpha value is -1.89. The third-order valence-electron chi connectivity index (χ3n) is 3.10. The highest BCUT2D eigenvalue weighted by Gasteiger charge is 2.33. The number of hydrogen-bond acceptors (Lipinski definition) is 3. The Labute approximate surface area is 101 Å². The fourth-order valence-corrected chi connectivity index (χ4v) is 2.17. The van der Waals surface area contributed by atoms with E-state index in [9.17, 15) is 4.79 Å². The van der Waals surface area contributed by atoms with Crippen LogP contribution in [0.25, 0.3) is 0 Å². The zero-order valence-corrected chi connectivity index (χ0v) is 10.1. The van der Waals surface area contributed by atoms with Gasteiger partial charge in [-0.2, -0.15) is 0 Å². The Balaban J connectivity index is 2.45. The lowest BCUT2D eigenvalue weighted by Crippen LogP contribution is -2.37. The highest BCUT2D eigenvalue weighted by molar-refractivity contribution is 6.00. The average Bonchev–Trinajstić information content (AvgIpc) is 2.67. The van der Waals surface area contributed by atoms with Crippen LogP contribution in [0, 0.1) is 12.3 Å².